The average Bonchev–Trinajstić information content (AvgIpc) is 3.61. The van der Waals surface area contributed by atoms with Crippen LogP contribution >= 0.6 is 0 Å². The van der Waals surface area contributed by atoms with Gasteiger partial charge in [-0.3, -0.25) is 33.8 Å². The Hall–Kier alpha value is -6.56. The standard InChI is InChI=1S/C45H51FN8O9/c1-8-45(63-21(2)3)29-16-34-39-27(19-54(34)43(60)28(29)20-62-44(45)61)38-31(10-9-26-22(4)30(46)17-32(50-39)37(26)38)51-41(58)33(18-35(47)55)52-40(57)24(6)53(7)42(59)23(5)49-36(56)15-25-11-13-48-14-12-25/h11-14,16-17,21,23-24,31,33H,8-10,15,18-20H2,1-7H3,(H2,47,55)(H,49,56)(H,51,58)(H,52,57). The molecule has 0 saturated carbocycles. The minimum Gasteiger partial charge on any atom is -0.458 e. The highest BCUT2D eigenvalue weighted by Gasteiger charge is 2.49. The van der Waals surface area contributed by atoms with Gasteiger partial charge in [0.15, 0.2) is 5.60 Å². The van der Waals surface area contributed by atoms with Gasteiger partial charge in [0.25, 0.3) is 5.56 Å². The maximum atomic E-state index is 15.5. The van der Waals surface area contributed by atoms with Crippen LogP contribution in [0.5, 0.6) is 0 Å². The van der Waals surface area contributed by atoms with Crippen LogP contribution in [-0.4, -0.2) is 86.2 Å². The summed E-state index contributed by atoms with van der Waals surface area (Å²) in [6, 6.07) is 2.02. The molecule has 5 unspecified atom stereocenters. The first-order valence-corrected chi connectivity index (χ1v) is 21.0. The van der Waals surface area contributed by atoms with Crippen molar-refractivity contribution in [1.29, 1.82) is 0 Å². The third-order valence-corrected chi connectivity index (χ3v) is 12.3. The molecule has 7 rings (SSSR count). The van der Waals surface area contributed by atoms with Crippen molar-refractivity contribution >= 4 is 46.4 Å². The number of pyridine rings is 3. The van der Waals surface area contributed by atoms with Crippen LogP contribution in [-0.2, 0) is 69.8 Å². The average molecular weight is 867 g/mol. The number of fused-ring (bicyclic) bond motifs is 5. The van der Waals surface area contributed by atoms with Gasteiger partial charge in [-0.2, -0.15) is 0 Å². The Labute approximate surface area is 362 Å². The second kappa shape index (κ2) is 17.3. The molecule has 332 valence electrons. The summed E-state index contributed by atoms with van der Waals surface area (Å²) < 4.78 is 28.8. The van der Waals surface area contributed by atoms with Gasteiger partial charge in [0.05, 0.1) is 54.0 Å². The highest BCUT2D eigenvalue weighted by molar-refractivity contribution is 5.97. The van der Waals surface area contributed by atoms with E-state index in [1.807, 2.05) is 0 Å². The number of rotatable bonds is 14. The van der Waals surface area contributed by atoms with Gasteiger partial charge in [-0.05, 0) is 94.3 Å². The van der Waals surface area contributed by atoms with Gasteiger partial charge < -0.3 is 40.6 Å². The zero-order valence-electron chi connectivity index (χ0n) is 36.2. The quantitative estimate of drug-likeness (QED) is 0.118. The molecule has 1 aromatic carbocycles. The number of aromatic nitrogens is 3. The lowest BCUT2D eigenvalue weighted by atomic mass is 9.81. The zero-order chi connectivity index (χ0) is 45.7. The predicted molar refractivity (Wildman–Crippen MR) is 226 cm³/mol. The number of carbonyl (C=O) groups excluding carboxylic acids is 6. The molecule has 5 amide bonds. The number of ether oxygens (including phenoxy) is 2. The summed E-state index contributed by atoms with van der Waals surface area (Å²) in [5.74, 6) is -4.46. The van der Waals surface area contributed by atoms with E-state index in [0.29, 0.717) is 62.1 Å². The Morgan fingerprint density at radius 1 is 1.05 bits per heavy atom. The SMILES string of the molecule is CCC1(OC(C)C)C(=O)OCc2c1cc1n(c2=O)Cc2c-1nc1cc(F)c(C)c3c1c2C(NC(=O)C(CC(N)=O)NC(=O)C(C)N(C)C(=O)C(C)NC(=O)Cc1ccncc1)CC3. The Kier molecular flexibility index (Phi) is 12.2. The lowest BCUT2D eigenvalue weighted by molar-refractivity contribution is -0.187. The summed E-state index contributed by atoms with van der Waals surface area (Å²) in [5, 5.41) is 8.84. The summed E-state index contributed by atoms with van der Waals surface area (Å²) >= 11 is 0. The summed E-state index contributed by atoms with van der Waals surface area (Å²) in [6.07, 6.45) is 2.96. The highest BCUT2D eigenvalue weighted by atomic mass is 19.1. The molecule has 18 heteroatoms. The smallest absolute Gasteiger partial charge is 0.343 e. The fourth-order valence-electron chi connectivity index (χ4n) is 8.97. The van der Waals surface area contributed by atoms with Crippen molar-refractivity contribution in [1.82, 2.24) is 35.4 Å². The van der Waals surface area contributed by atoms with Crippen molar-refractivity contribution in [2.24, 2.45) is 5.73 Å². The summed E-state index contributed by atoms with van der Waals surface area (Å²) in [4.78, 5) is 104. The number of hydrogen-bond donors (Lipinski definition) is 4. The van der Waals surface area contributed by atoms with E-state index >= 15 is 4.39 Å². The molecule has 5 atom stereocenters. The maximum absolute atomic E-state index is 15.5. The number of amides is 5. The van der Waals surface area contributed by atoms with Crippen LogP contribution in [0.4, 0.5) is 4.39 Å². The molecule has 0 radical (unpaired) electrons. The van der Waals surface area contributed by atoms with Gasteiger partial charge in [0.1, 0.15) is 30.5 Å². The number of primary amides is 1. The fraction of sp³-hybridized carbons (Fsp3) is 0.444. The number of hydrogen-bond acceptors (Lipinski definition) is 11. The Morgan fingerprint density at radius 3 is 2.43 bits per heavy atom. The molecule has 5 heterocycles. The van der Waals surface area contributed by atoms with Crippen molar-refractivity contribution < 1.29 is 42.6 Å². The number of aryl methyl sites for hydroxylation is 1. The number of benzene rings is 1. The van der Waals surface area contributed by atoms with Crippen molar-refractivity contribution in [2.45, 2.75) is 123 Å². The van der Waals surface area contributed by atoms with Crippen LogP contribution in [0.2, 0.25) is 0 Å². The van der Waals surface area contributed by atoms with Crippen LogP contribution in [0, 0.1) is 12.7 Å². The number of halogens is 1. The summed E-state index contributed by atoms with van der Waals surface area (Å²) in [6.45, 7) is 9.72. The number of nitrogens with one attached hydrogen (secondary N) is 3. The van der Waals surface area contributed by atoms with Crippen LogP contribution < -0.4 is 27.2 Å². The molecule has 4 aromatic rings. The van der Waals surface area contributed by atoms with Crippen molar-refractivity contribution in [2.75, 3.05) is 7.05 Å². The number of cyclic esters (lactones) is 1. The number of carbonyl (C=O) groups is 6. The van der Waals surface area contributed by atoms with Gasteiger partial charge in [-0.25, -0.2) is 14.2 Å². The molecule has 5 N–H and O–H groups in total. The van der Waals surface area contributed by atoms with Crippen molar-refractivity contribution in [3.8, 4) is 11.4 Å². The summed E-state index contributed by atoms with van der Waals surface area (Å²) in [5.41, 5.74) is 8.34. The number of nitrogens with zero attached hydrogens (tertiary/aromatic N) is 4. The van der Waals surface area contributed by atoms with Gasteiger partial charge in [0.2, 0.25) is 29.5 Å². The minimum atomic E-state index is -1.55. The Morgan fingerprint density at radius 2 is 1.76 bits per heavy atom. The molecule has 0 saturated heterocycles. The molecule has 63 heavy (non-hydrogen) atoms. The molecule has 0 fully saturated rings. The first-order chi connectivity index (χ1) is 29.9. The Balaban J connectivity index is 1.18. The van der Waals surface area contributed by atoms with Crippen molar-refractivity contribution in [3.05, 3.63) is 91.8 Å². The minimum absolute atomic E-state index is 0.0130. The van der Waals surface area contributed by atoms with E-state index in [9.17, 15) is 33.6 Å². The second-order valence-corrected chi connectivity index (χ2v) is 16.7. The van der Waals surface area contributed by atoms with Crippen molar-refractivity contribution in [3.63, 3.8) is 0 Å². The topological polar surface area (TPSA) is 234 Å². The van der Waals surface area contributed by atoms with Gasteiger partial charge in [-0.1, -0.05) is 6.92 Å². The molecular weight excluding hydrogens is 816 g/mol. The second-order valence-electron chi connectivity index (χ2n) is 16.7. The Bertz CT molecular complexity index is 2630. The van der Waals surface area contributed by atoms with E-state index in [1.54, 1.807) is 58.3 Å². The van der Waals surface area contributed by atoms with E-state index in [0.717, 1.165) is 4.90 Å². The molecule has 3 aliphatic rings. The van der Waals surface area contributed by atoms with Crippen LogP contribution in [0.3, 0.4) is 0 Å². The van der Waals surface area contributed by atoms with Crippen LogP contribution in [0.25, 0.3) is 22.3 Å². The molecule has 2 aliphatic heterocycles. The largest absolute Gasteiger partial charge is 0.458 e. The van der Waals surface area contributed by atoms with E-state index in [-0.39, 0.29) is 38.0 Å². The molecule has 1 aliphatic carbocycles. The van der Waals surface area contributed by atoms with Gasteiger partial charge in [-0.15, -0.1) is 0 Å². The molecule has 3 aromatic heterocycles. The van der Waals surface area contributed by atoms with Crippen LogP contribution in [0.15, 0.2) is 41.5 Å². The number of esters is 1. The third-order valence-electron chi connectivity index (χ3n) is 12.3. The monoisotopic (exact) mass is 866 g/mol. The molecule has 17 nitrogen and oxygen atoms in total. The highest BCUT2D eigenvalue weighted by Crippen LogP contribution is 2.46. The normalized spacial score (nSPS) is 18.6. The predicted octanol–water partition coefficient (Wildman–Crippen LogP) is 2.41. The zero-order valence-corrected chi connectivity index (χ0v) is 36.2. The molecule has 0 spiro atoms. The lowest BCUT2D eigenvalue weighted by Crippen LogP contribution is -2.56. The molecular formula is C45H51FN8O9. The lowest BCUT2D eigenvalue weighted by Gasteiger charge is -2.37. The number of likely N-dealkylation sites (N-methyl/N-ethyl adjacent to an activating group) is 1. The third kappa shape index (κ3) is 8.14. The van der Waals surface area contributed by atoms with E-state index in [1.165, 1.54) is 31.5 Å². The maximum Gasteiger partial charge on any atom is 0.343 e. The van der Waals surface area contributed by atoms with E-state index < -0.39 is 89.2 Å². The molecule has 0 bridgehead atoms. The fourth-order valence-corrected chi connectivity index (χ4v) is 8.97. The van der Waals surface area contributed by atoms with E-state index in [2.05, 4.69) is 20.9 Å². The number of nitrogens with two attached hydrogens (primary N) is 1. The first-order valence-electron chi connectivity index (χ1n) is 21.0. The van der Waals surface area contributed by atoms with Crippen LogP contribution in [0.1, 0.15) is 98.9 Å². The van der Waals surface area contributed by atoms with E-state index in [4.69, 9.17) is 20.2 Å². The first kappa shape index (κ1) is 44.5. The van der Waals surface area contributed by atoms with Gasteiger partial charge >= 0.3 is 5.97 Å². The van der Waals surface area contributed by atoms with Gasteiger partial charge in [0, 0.05) is 42.0 Å². The summed E-state index contributed by atoms with van der Waals surface area (Å²) in [7, 11) is 1.38.